The number of carbonyl (C=O) groups is 2. The number of anilines is 1. The van der Waals surface area contributed by atoms with Crippen LogP contribution in [0.25, 0.3) is 15.9 Å². The molecule has 0 aliphatic carbocycles. The molecule has 0 atom stereocenters. The first-order valence-corrected chi connectivity index (χ1v) is 11.5. The van der Waals surface area contributed by atoms with Crippen molar-refractivity contribution in [3.63, 3.8) is 0 Å². The van der Waals surface area contributed by atoms with Crippen LogP contribution in [-0.2, 0) is 4.79 Å². The Labute approximate surface area is 192 Å². The van der Waals surface area contributed by atoms with Gasteiger partial charge in [0, 0.05) is 11.3 Å². The van der Waals surface area contributed by atoms with Gasteiger partial charge in [-0.3, -0.25) is 19.0 Å². The number of fused-ring (bicyclic) bond motifs is 1. The van der Waals surface area contributed by atoms with E-state index in [1.54, 1.807) is 42.5 Å². The van der Waals surface area contributed by atoms with Gasteiger partial charge in [-0.25, -0.2) is 4.98 Å². The number of ether oxygens (including phenoxy) is 1. The van der Waals surface area contributed by atoms with Crippen LogP contribution in [0.4, 0.5) is 5.69 Å². The number of Topliss-reactive ketones (excluding diaryl/α,β-unsaturated/α-hetero) is 1. The van der Waals surface area contributed by atoms with Gasteiger partial charge in [-0.15, -0.1) is 11.3 Å². The summed E-state index contributed by atoms with van der Waals surface area (Å²) >= 11 is 2.48. The van der Waals surface area contributed by atoms with E-state index in [4.69, 9.17) is 4.74 Å². The average Bonchev–Trinajstić information content (AvgIpc) is 3.27. The number of hydrogen-bond acceptors (Lipinski definition) is 7. The van der Waals surface area contributed by atoms with Gasteiger partial charge in [0.2, 0.25) is 5.91 Å². The van der Waals surface area contributed by atoms with Crippen molar-refractivity contribution in [2.24, 2.45) is 0 Å². The molecule has 0 fully saturated rings. The lowest BCUT2D eigenvalue weighted by Crippen LogP contribution is -2.22. The lowest BCUT2D eigenvalue weighted by Gasteiger charge is -2.15. The Morgan fingerprint density at radius 2 is 1.97 bits per heavy atom. The maximum Gasteiger partial charge on any atom is 0.276 e. The van der Waals surface area contributed by atoms with Gasteiger partial charge < -0.3 is 10.1 Å². The summed E-state index contributed by atoms with van der Waals surface area (Å²) in [5.41, 5.74) is 1.98. The molecule has 0 saturated heterocycles. The summed E-state index contributed by atoms with van der Waals surface area (Å²) < 4.78 is 7.45. The van der Waals surface area contributed by atoms with Gasteiger partial charge in [-0.2, -0.15) is 0 Å². The fourth-order valence-corrected chi connectivity index (χ4v) is 4.72. The summed E-state index contributed by atoms with van der Waals surface area (Å²) in [6.45, 7) is 1.47. The number of benzene rings is 2. The predicted octanol–water partition coefficient (Wildman–Crippen LogP) is 4.39. The molecule has 2 heterocycles. The fraction of sp³-hybridized carbons (Fsp3) is 0.130. The first kappa shape index (κ1) is 21.8. The summed E-state index contributed by atoms with van der Waals surface area (Å²) in [4.78, 5) is 42.0. The van der Waals surface area contributed by atoms with Crippen LogP contribution in [0, 0.1) is 0 Å². The van der Waals surface area contributed by atoms with Crippen LogP contribution in [0.2, 0.25) is 0 Å². The van der Waals surface area contributed by atoms with Gasteiger partial charge in [0.1, 0.15) is 10.4 Å². The first-order chi connectivity index (χ1) is 15.5. The molecule has 7 nitrogen and oxygen atoms in total. The van der Waals surface area contributed by atoms with Crippen molar-refractivity contribution < 1.29 is 14.3 Å². The third kappa shape index (κ3) is 4.44. The molecule has 0 spiro atoms. The van der Waals surface area contributed by atoms with Crippen LogP contribution in [0.1, 0.15) is 17.3 Å². The average molecular weight is 466 g/mol. The first-order valence-electron chi connectivity index (χ1n) is 9.65. The number of thioether (sulfide) groups is 1. The smallest absolute Gasteiger partial charge is 0.276 e. The van der Waals surface area contributed by atoms with Gasteiger partial charge in [0.15, 0.2) is 10.9 Å². The Morgan fingerprint density at radius 1 is 1.16 bits per heavy atom. The van der Waals surface area contributed by atoms with Crippen LogP contribution in [0.15, 0.2) is 69.9 Å². The third-order valence-corrected chi connectivity index (χ3v) is 6.49. The highest BCUT2D eigenvalue weighted by atomic mass is 32.2. The molecule has 0 bridgehead atoms. The number of ketones is 1. The summed E-state index contributed by atoms with van der Waals surface area (Å²) in [6, 6.07) is 15.7. The van der Waals surface area contributed by atoms with Crippen molar-refractivity contribution in [3.8, 4) is 11.4 Å². The van der Waals surface area contributed by atoms with E-state index in [1.165, 1.54) is 29.9 Å². The second kappa shape index (κ2) is 9.37. The van der Waals surface area contributed by atoms with Crippen molar-refractivity contribution in [1.29, 1.82) is 0 Å². The number of nitrogens with zero attached hydrogens (tertiary/aromatic N) is 2. The van der Waals surface area contributed by atoms with Gasteiger partial charge in [-0.05, 0) is 42.6 Å². The maximum atomic E-state index is 13.2. The second-order valence-electron chi connectivity index (χ2n) is 6.82. The topological polar surface area (TPSA) is 90.3 Å². The largest absolute Gasteiger partial charge is 0.495 e. The number of carbonyl (C=O) groups excluding carboxylic acids is 2. The van der Waals surface area contributed by atoms with E-state index in [1.807, 2.05) is 17.5 Å². The molecule has 0 radical (unpaired) electrons. The van der Waals surface area contributed by atoms with Crippen LogP contribution in [-0.4, -0.2) is 34.1 Å². The predicted molar refractivity (Wildman–Crippen MR) is 128 cm³/mol. The van der Waals surface area contributed by atoms with Crippen molar-refractivity contribution in [1.82, 2.24) is 9.55 Å². The number of para-hydroxylation sites is 2. The highest BCUT2D eigenvalue weighted by Gasteiger charge is 2.18. The van der Waals surface area contributed by atoms with Crippen molar-refractivity contribution in [2.75, 3.05) is 18.2 Å². The number of rotatable bonds is 7. The Bertz CT molecular complexity index is 1380. The van der Waals surface area contributed by atoms with E-state index in [0.717, 1.165) is 11.8 Å². The van der Waals surface area contributed by atoms with Crippen molar-refractivity contribution in [2.45, 2.75) is 12.1 Å². The number of methoxy groups -OCH3 is 1. The van der Waals surface area contributed by atoms with E-state index >= 15 is 0 Å². The van der Waals surface area contributed by atoms with E-state index in [-0.39, 0.29) is 23.0 Å². The molecule has 1 amide bonds. The molecule has 4 rings (SSSR count). The van der Waals surface area contributed by atoms with Gasteiger partial charge >= 0.3 is 0 Å². The van der Waals surface area contributed by atoms with Gasteiger partial charge in [-0.1, -0.05) is 36.0 Å². The number of amides is 1. The standard InChI is InChI=1S/C23H19N3O4S2/c1-14(27)15-6-5-7-16(12-15)24-20(28)13-32-23-25-17-10-11-31-21(17)22(29)26(23)18-8-3-4-9-19(18)30-2/h3-12H,13H2,1-2H3,(H,24,28). The van der Waals surface area contributed by atoms with Crippen molar-refractivity contribution in [3.05, 3.63) is 75.9 Å². The zero-order chi connectivity index (χ0) is 22.7. The van der Waals surface area contributed by atoms with Crippen LogP contribution >= 0.6 is 23.1 Å². The van der Waals surface area contributed by atoms with Crippen LogP contribution in [0.3, 0.4) is 0 Å². The second-order valence-corrected chi connectivity index (χ2v) is 8.67. The van der Waals surface area contributed by atoms with Crippen molar-refractivity contribution >= 4 is 50.7 Å². The maximum absolute atomic E-state index is 13.2. The van der Waals surface area contributed by atoms with Crippen LogP contribution < -0.4 is 15.6 Å². The Balaban J connectivity index is 1.64. The van der Waals surface area contributed by atoms with Gasteiger partial charge in [0.05, 0.1) is 24.1 Å². The fourth-order valence-electron chi connectivity index (χ4n) is 3.16. The summed E-state index contributed by atoms with van der Waals surface area (Å²) in [7, 11) is 1.54. The van der Waals surface area contributed by atoms with Crippen LogP contribution in [0.5, 0.6) is 5.75 Å². The summed E-state index contributed by atoms with van der Waals surface area (Å²) in [6.07, 6.45) is 0. The Morgan fingerprint density at radius 3 is 2.75 bits per heavy atom. The highest BCUT2D eigenvalue weighted by molar-refractivity contribution is 7.99. The molecule has 0 unspecified atom stereocenters. The zero-order valence-electron chi connectivity index (χ0n) is 17.3. The number of nitrogens with one attached hydrogen (secondary N) is 1. The lowest BCUT2D eigenvalue weighted by molar-refractivity contribution is -0.113. The molecule has 0 saturated carbocycles. The van der Waals surface area contributed by atoms with Gasteiger partial charge in [0.25, 0.3) is 5.56 Å². The van der Waals surface area contributed by atoms with E-state index in [2.05, 4.69) is 10.3 Å². The normalized spacial score (nSPS) is 10.8. The quantitative estimate of drug-likeness (QED) is 0.247. The molecule has 0 aliphatic heterocycles. The number of aromatic nitrogens is 2. The summed E-state index contributed by atoms with van der Waals surface area (Å²) in [5.74, 6) is 0.202. The molecule has 1 N–H and O–H groups in total. The zero-order valence-corrected chi connectivity index (χ0v) is 19.0. The minimum Gasteiger partial charge on any atom is -0.495 e. The molecule has 2 aromatic carbocycles. The molecule has 4 aromatic rings. The SMILES string of the molecule is COc1ccccc1-n1c(SCC(=O)Nc2cccc(C(C)=O)c2)nc2ccsc2c1=O. The Hall–Kier alpha value is -3.43. The molecule has 0 aliphatic rings. The minimum atomic E-state index is -0.276. The minimum absolute atomic E-state index is 0.0293. The summed E-state index contributed by atoms with van der Waals surface area (Å²) in [5, 5.41) is 4.99. The van der Waals surface area contributed by atoms with E-state index in [9.17, 15) is 14.4 Å². The Kier molecular flexibility index (Phi) is 6.38. The molecule has 32 heavy (non-hydrogen) atoms. The molecular weight excluding hydrogens is 446 g/mol. The van der Waals surface area contributed by atoms with E-state index in [0.29, 0.717) is 38.1 Å². The third-order valence-electron chi connectivity index (χ3n) is 4.66. The monoisotopic (exact) mass is 465 g/mol. The molecular formula is C23H19N3O4S2. The highest BCUT2D eigenvalue weighted by Crippen LogP contribution is 2.28. The molecule has 9 heteroatoms. The van der Waals surface area contributed by atoms with E-state index < -0.39 is 0 Å². The number of hydrogen-bond donors (Lipinski definition) is 1. The molecule has 162 valence electrons. The number of thiophene rings is 1. The molecule has 2 aromatic heterocycles. The lowest BCUT2D eigenvalue weighted by atomic mass is 10.1.